The smallest absolute Gasteiger partial charge is 0.415 e. The van der Waals surface area contributed by atoms with E-state index in [0.29, 0.717) is 44.2 Å². The second-order valence-corrected chi connectivity index (χ2v) is 8.66. The van der Waals surface area contributed by atoms with Crippen molar-refractivity contribution < 1.29 is 33.6 Å². The highest BCUT2D eigenvalue weighted by atomic mass is 16.6. The molecule has 202 valence electrons. The first-order chi connectivity index (χ1) is 18.4. The summed E-state index contributed by atoms with van der Waals surface area (Å²) in [5.74, 6) is 0.897. The van der Waals surface area contributed by atoms with Crippen LogP contribution >= 0.6 is 0 Å². The number of benzene rings is 3. The first-order valence-electron chi connectivity index (χ1n) is 12.7. The monoisotopic (exact) mass is 521 g/mol. The number of aliphatic carboxylic acids is 1. The second-order valence-electron chi connectivity index (χ2n) is 8.66. The van der Waals surface area contributed by atoms with Gasteiger partial charge in [-0.1, -0.05) is 48.0 Å². The molecule has 38 heavy (non-hydrogen) atoms. The van der Waals surface area contributed by atoms with Crippen LogP contribution in [0.4, 0.5) is 4.79 Å². The van der Waals surface area contributed by atoms with Crippen molar-refractivity contribution in [2.24, 2.45) is 0 Å². The highest BCUT2D eigenvalue weighted by Gasteiger charge is 2.18. The molecule has 0 saturated heterocycles. The van der Waals surface area contributed by atoms with Gasteiger partial charge in [-0.05, 0) is 62.2 Å². The number of nitrogens with zero attached hydrogens (tertiary/aromatic N) is 1. The molecule has 0 heterocycles. The quantitative estimate of drug-likeness (QED) is 0.269. The van der Waals surface area contributed by atoms with Crippen molar-refractivity contribution in [3.63, 3.8) is 0 Å². The molecule has 1 unspecified atom stereocenters. The summed E-state index contributed by atoms with van der Waals surface area (Å²) >= 11 is 0. The van der Waals surface area contributed by atoms with Crippen molar-refractivity contribution in [1.82, 2.24) is 4.90 Å². The van der Waals surface area contributed by atoms with Gasteiger partial charge in [0.25, 0.3) is 0 Å². The average Bonchev–Trinajstić information content (AvgIpc) is 2.92. The van der Waals surface area contributed by atoms with E-state index in [0.717, 1.165) is 16.9 Å². The topological polar surface area (TPSA) is 94.5 Å². The first kappa shape index (κ1) is 28.5. The average molecular weight is 522 g/mol. The molecule has 0 aromatic heterocycles. The minimum atomic E-state index is -0.987. The van der Waals surface area contributed by atoms with Gasteiger partial charge in [-0.3, -0.25) is 0 Å². The lowest BCUT2D eigenvalue weighted by Gasteiger charge is -2.22. The number of carbonyl (C=O) groups excluding carboxylic acids is 1. The Labute approximate surface area is 223 Å². The third-order valence-corrected chi connectivity index (χ3v) is 5.69. The van der Waals surface area contributed by atoms with Crippen LogP contribution in [0.2, 0.25) is 0 Å². The van der Waals surface area contributed by atoms with Crippen LogP contribution in [0, 0.1) is 6.92 Å². The van der Waals surface area contributed by atoms with Crippen molar-refractivity contribution in [3.8, 4) is 17.2 Å². The summed E-state index contributed by atoms with van der Waals surface area (Å²) in [7, 11) is 0. The van der Waals surface area contributed by atoms with E-state index in [1.165, 1.54) is 0 Å². The lowest BCUT2D eigenvalue weighted by molar-refractivity contribution is -0.149. The number of rotatable bonds is 15. The predicted molar refractivity (Wildman–Crippen MR) is 144 cm³/mol. The molecule has 3 aromatic rings. The summed E-state index contributed by atoms with van der Waals surface area (Å²) in [4.78, 5) is 25.8. The van der Waals surface area contributed by atoms with E-state index < -0.39 is 18.2 Å². The van der Waals surface area contributed by atoms with Crippen molar-refractivity contribution >= 4 is 12.1 Å². The molecule has 3 aromatic carbocycles. The summed E-state index contributed by atoms with van der Waals surface area (Å²) in [6.45, 7) is 5.55. The first-order valence-corrected chi connectivity index (χ1v) is 12.7. The zero-order valence-corrected chi connectivity index (χ0v) is 21.9. The van der Waals surface area contributed by atoms with Crippen LogP contribution in [0.5, 0.6) is 17.2 Å². The molecule has 0 spiro atoms. The maximum atomic E-state index is 12.9. The van der Waals surface area contributed by atoms with E-state index in [-0.39, 0.29) is 13.0 Å². The van der Waals surface area contributed by atoms with Gasteiger partial charge in [-0.2, -0.15) is 0 Å². The molecule has 0 bridgehead atoms. The fourth-order valence-corrected chi connectivity index (χ4v) is 3.66. The van der Waals surface area contributed by atoms with E-state index in [1.54, 1.807) is 36.1 Å². The summed E-state index contributed by atoms with van der Waals surface area (Å²) in [6, 6.07) is 24.0. The summed E-state index contributed by atoms with van der Waals surface area (Å²) in [5.41, 5.74) is 1.91. The molecular formula is C30H35NO7. The Morgan fingerprint density at radius 3 is 2.11 bits per heavy atom. The van der Waals surface area contributed by atoms with E-state index >= 15 is 0 Å². The Kier molecular flexibility index (Phi) is 11.5. The van der Waals surface area contributed by atoms with Crippen molar-refractivity contribution in [2.45, 2.75) is 32.8 Å². The van der Waals surface area contributed by atoms with Gasteiger partial charge in [0.2, 0.25) is 0 Å². The number of carboxylic acids is 1. The summed E-state index contributed by atoms with van der Waals surface area (Å²) in [5, 5.41) is 9.27. The van der Waals surface area contributed by atoms with Crippen LogP contribution in [0.3, 0.4) is 0 Å². The van der Waals surface area contributed by atoms with Crippen LogP contribution in [-0.4, -0.2) is 61.1 Å². The molecule has 3 rings (SSSR count). The van der Waals surface area contributed by atoms with Gasteiger partial charge >= 0.3 is 12.1 Å². The Hall–Kier alpha value is -4.04. The molecule has 0 saturated carbocycles. The standard InChI is InChI=1S/C30H35NO7/c1-3-35-28(29(32)33)22-24-12-16-26(17-13-24)37-21-19-31(18-7-20-36-25-8-5-4-6-9-25)30(34)38-27-14-10-23(2)11-15-27/h4-6,8-17,28H,3,7,18-22H2,1-2H3,(H,32,33). The van der Waals surface area contributed by atoms with Gasteiger partial charge < -0.3 is 29.0 Å². The molecule has 0 aliphatic rings. The Morgan fingerprint density at radius 1 is 0.816 bits per heavy atom. The number of para-hydroxylation sites is 1. The third kappa shape index (κ3) is 9.78. The van der Waals surface area contributed by atoms with E-state index in [2.05, 4.69) is 0 Å². The molecular weight excluding hydrogens is 486 g/mol. The normalized spacial score (nSPS) is 11.4. The molecule has 1 atom stereocenters. The van der Waals surface area contributed by atoms with Crippen LogP contribution in [0.25, 0.3) is 0 Å². The van der Waals surface area contributed by atoms with Gasteiger partial charge in [0.05, 0.1) is 13.2 Å². The molecule has 0 fully saturated rings. The van der Waals surface area contributed by atoms with Gasteiger partial charge in [0.15, 0.2) is 6.10 Å². The number of carboxylic acid groups (broad SMARTS) is 1. The lowest BCUT2D eigenvalue weighted by Crippen LogP contribution is -2.38. The van der Waals surface area contributed by atoms with E-state index in [4.69, 9.17) is 18.9 Å². The highest BCUT2D eigenvalue weighted by Crippen LogP contribution is 2.16. The maximum absolute atomic E-state index is 12.9. The maximum Gasteiger partial charge on any atom is 0.415 e. The Balaban J connectivity index is 1.53. The number of aryl methyl sites for hydroxylation is 1. The molecule has 0 aliphatic carbocycles. The minimum absolute atomic E-state index is 0.262. The number of hydrogen-bond donors (Lipinski definition) is 1. The third-order valence-electron chi connectivity index (χ3n) is 5.69. The molecule has 8 heteroatoms. The Morgan fingerprint density at radius 2 is 1.45 bits per heavy atom. The summed E-state index contributed by atoms with van der Waals surface area (Å²) in [6.07, 6.45) is -0.446. The molecule has 0 radical (unpaired) electrons. The number of amides is 1. The lowest BCUT2D eigenvalue weighted by atomic mass is 10.1. The van der Waals surface area contributed by atoms with Crippen molar-refractivity contribution in [3.05, 3.63) is 90.0 Å². The molecule has 1 amide bonds. The van der Waals surface area contributed by atoms with Crippen LogP contribution in [0.1, 0.15) is 24.5 Å². The van der Waals surface area contributed by atoms with Gasteiger partial charge in [-0.15, -0.1) is 0 Å². The van der Waals surface area contributed by atoms with Crippen LogP contribution < -0.4 is 14.2 Å². The van der Waals surface area contributed by atoms with Gasteiger partial charge in [0, 0.05) is 19.6 Å². The fraction of sp³-hybridized carbons (Fsp3) is 0.333. The van der Waals surface area contributed by atoms with Crippen molar-refractivity contribution in [1.29, 1.82) is 0 Å². The van der Waals surface area contributed by atoms with Crippen molar-refractivity contribution in [2.75, 3.05) is 32.9 Å². The minimum Gasteiger partial charge on any atom is -0.494 e. The SMILES string of the molecule is CCOC(Cc1ccc(OCCN(CCCOc2ccccc2)C(=O)Oc2ccc(C)cc2)cc1)C(=O)O. The number of hydrogen-bond acceptors (Lipinski definition) is 6. The number of carbonyl (C=O) groups is 2. The zero-order valence-electron chi connectivity index (χ0n) is 21.9. The Bertz CT molecular complexity index is 1120. The van der Waals surface area contributed by atoms with Gasteiger partial charge in [-0.25, -0.2) is 9.59 Å². The van der Waals surface area contributed by atoms with Crippen LogP contribution in [0.15, 0.2) is 78.9 Å². The van der Waals surface area contributed by atoms with E-state index in [1.807, 2.05) is 61.5 Å². The largest absolute Gasteiger partial charge is 0.494 e. The van der Waals surface area contributed by atoms with Gasteiger partial charge in [0.1, 0.15) is 23.9 Å². The fourth-order valence-electron chi connectivity index (χ4n) is 3.66. The van der Waals surface area contributed by atoms with Crippen LogP contribution in [-0.2, 0) is 16.0 Å². The van der Waals surface area contributed by atoms with E-state index in [9.17, 15) is 14.7 Å². The predicted octanol–water partition coefficient (Wildman–Crippen LogP) is 5.38. The highest BCUT2D eigenvalue weighted by molar-refractivity contribution is 5.72. The second kappa shape index (κ2) is 15.3. The molecule has 8 nitrogen and oxygen atoms in total. The molecule has 0 aliphatic heterocycles. The molecule has 1 N–H and O–H groups in total. The number of ether oxygens (including phenoxy) is 4. The zero-order chi connectivity index (χ0) is 27.2. The summed E-state index contributed by atoms with van der Waals surface area (Å²) < 4.78 is 22.5.